The summed E-state index contributed by atoms with van der Waals surface area (Å²) in [4.78, 5) is 25.1. The number of nitrogens with zero attached hydrogens (tertiary/aromatic N) is 1. The zero-order valence-corrected chi connectivity index (χ0v) is 12.3. The number of hydrogen-bond donors (Lipinski definition) is 1. The van der Waals surface area contributed by atoms with Gasteiger partial charge in [0.25, 0.3) is 5.56 Å². The van der Waals surface area contributed by atoms with Crippen LogP contribution in [0.3, 0.4) is 0 Å². The molecule has 3 rings (SSSR count). The number of fused-ring (bicyclic) bond motifs is 1. The normalized spacial score (nSPS) is 10.8. The monoisotopic (exact) mass is 293 g/mol. The molecule has 0 atom stereocenters. The molecule has 0 aliphatic carbocycles. The molecule has 110 valence electrons. The highest BCUT2D eigenvalue weighted by Crippen LogP contribution is 2.27. The van der Waals surface area contributed by atoms with Crippen molar-refractivity contribution in [2.24, 2.45) is 7.05 Å². The first-order valence-corrected chi connectivity index (χ1v) is 6.92. The number of aryl methyl sites for hydroxylation is 2. The molecular formula is C18H15NO3. The van der Waals surface area contributed by atoms with Gasteiger partial charge >= 0.3 is 0 Å². The number of carbonyl (C=O) groups excluding carboxylic acids is 1. The molecule has 22 heavy (non-hydrogen) atoms. The predicted octanol–water partition coefficient (Wildman–Crippen LogP) is 2.78. The van der Waals surface area contributed by atoms with E-state index in [2.05, 4.69) is 0 Å². The molecule has 0 saturated carbocycles. The maximum Gasteiger partial charge on any atom is 0.265 e. The van der Waals surface area contributed by atoms with Crippen LogP contribution in [0, 0.1) is 6.92 Å². The fraction of sp³-hybridized carbons (Fsp3) is 0.111. The Hall–Kier alpha value is -2.88. The van der Waals surface area contributed by atoms with Crippen molar-refractivity contribution in [3.05, 3.63) is 75.6 Å². The second kappa shape index (κ2) is 5.15. The molecule has 0 spiro atoms. The molecule has 0 fully saturated rings. The lowest BCUT2D eigenvalue weighted by Gasteiger charge is -2.11. The van der Waals surface area contributed by atoms with Gasteiger partial charge in [0.15, 0.2) is 0 Å². The van der Waals surface area contributed by atoms with Gasteiger partial charge in [-0.1, -0.05) is 42.0 Å². The van der Waals surface area contributed by atoms with Crippen LogP contribution in [-0.2, 0) is 7.05 Å². The van der Waals surface area contributed by atoms with Crippen LogP contribution >= 0.6 is 0 Å². The Morgan fingerprint density at radius 3 is 2.36 bits per heavy atom. The lowest BCUT2D eigenvalue weighted by Crippen LogP contribution is -2.25. The second-order valence-electron chi connectivity index (χ2n) is 5.30. The number of aromatic hydroxyl groups is 1. The molecule has 1 N–H and O–H groups in total. The van der Waals surface area contributed by atoms with Crippen molar-refractivity contribution in [3.63, 3.8) is 0 Å². The van der Waals surface area contributed by atoms with Crippen LogP contribution in [0.4, 0.5) is 0 Å². The van der Waals surface area contributed by atoms with E-state index in [1.165, 1.54) is 4.57 Å². The molecule has 1 heterocycles. The molecule has 1 aromatic heterocycles. The first kappa shape index (κ1) is 14.1. The topological polar surface area (TPSA) is 59.3 Å². The highest BCUT2D eigenvalue weighted by atomic mass is 16.3. The average molecular weight is 293 g/mol. The summed E-state index contributed by atoms with van der Waals surface area (Å²) in [7, 11) is 1.59. The maximum atomic E-state index is 12.6. The molecule has 0 saturated heterocycles. The lowest BCUT2D eigenvalue weighted by molar-refractivity contribution is 0.103. The van der Waals surface area contributed by atoms with Crippen molar-refractivity contribution >= 4 is 16.7 Å². The summed E-state index contributed by atoms with van der Waals surface area (Å²) in [5, 5.41) is 10.9. The molecular weight excluding hydrogens is 278 g/mol. The number of para-hydroxylation sites is 1. The van der Waals surface area contributed by atoms with Gasteiger partial charge in [-0.25, -0.2) is 0 Å². The second-order valence-corrected chi connectivity index (χ2v) is 5.30. The van der Waals surface area contributed by atoms with E-state index in [1.807, 2.05) is 6.92 Å². The zero-order chi connectivity index (χ0) is 15.9. The van der Waals surface area contributed by atoms with Crippen molar-refractivity contribution in [1.29, 1.82) is 0 Å². The molecule has 3 aromatic rings. The first-order valence-electron chi connectivity index (χ1n) is 6.92. The van der Waals surface area contributed by atoms with E-state index in [4.69, 9.17) is 0 Å². The van der Waals surface area contributed by atoms with Gasteiger partial charge in [0.05, 0.1) is 5.52 Å². The summed E-state index contributed by atoms with van der Waals surface area (Å²) >= 11 is 0. The first-order chi connectivity index (χ1) is 10.5. The number of benzene rings is 2. The Kier molecular flexibility index (Phi) is 3.29. The number of carbonyl (C=O) groups is 1. The minimum absolute atomic E-state index is 0.190. The zero-order valence-electron chi connectivity index (χ0n) is 12.3. The van der Waals surface area contributed by atoms with Crippen molar-refractivity contribution in [2.45, 2.75) is 6.92 Å². The molecule has 4 heteroatoms. The molecule has 0 unspecified atom stereocenters. The van der Waals surface area contributed by atoms with E-state index < -0.39 is 11.3 Å². The minimum Gasteiger partial charge on any atom is -0.506 e. The lowest BCUT2D eigenvalue weighted by atomic mass is 10.0. The summed E-state index contributed by atoms with van der Waals surface area (Å²) in [5.74, 6) is -0.729. The van der Waals surface area contributed by atoms with Crippen molar-refractivity contribution in [1.82, 2.24) is 4.57 Å². The number of hydrogen-bond acceptors (Lipinski definition) is 3. The van der Waals surface area contributed by atoms with Crippen LogP contribution in [-0.4, -0.2) is 15.5 Å². The quantitative estimate of drug-likeness (QED) is 0.739. The van der Waals surface area contributed by atoms with Gasteiger partial charge in [0, 0.05) is 18.0 Å². The van der Waals surface area contributed by atoms with Crippen molar-refractivity contribution < 1.29 is 9.90 Å². The Bertz CT molecular complexity index is 937. The highest BCUT2D eigenvalue weighted by molar-refractivity contribution is 6.12. The molecule has 0 bridgehead atoms. The van der Waals surface area contributed by atoms with Crippen LogP contribution in [0.25, 0.3) is 10.9 Å². The highest BCUT2D eigenvalue weighted by Gasteiger charge is 2.21. The third-order valence-electron chi connectivity index (χ3n) is 3.82. The van der Waals surface area contributed by atoms with E-state index in [-0.39, 0.29) is 11.3 Å². The van der Waals surface area contributed by atoms with Crippen molar-refractivity contribution in [2.75, 3.05) is 0 Å². The van der Waals surface area contributed by atoms with Gasteiger partial charge in [0.2, 0.25) is 5.78 Å². The Morgan fingerprint density at radius 1 is 1.05 bits per heavy atom. The maximum absolute atomic E-state index is 12.6. The van der Waals surface area contributed by atoms with Crippen LogP contribution in [0.5, 0.6) is 5.75 Å². The number of pyridine rings is 1. The summed E-state index contributed by atoms with van der Waals surface area (Å²) in [6.45, 7) is 1.92. The third kappa shape index (κ3) is 2.09. The van der Waals surface area contributed by atoms with E-state index in [0.29, 0.717) is 16.5 Å². The van der Waals surface area contributed by atoms with Gasteiger partial charge in [-0.3, -0.25) is 9.59 Å². The summed E-state index contributed by atoms with van der Waals surface area (Å²) in [5.41, 5.74) is 1.30. The van der Waals surface area contributed by atoms with Crippen LogP contribution in [0.1, 0.15) is 21.5 Å². The van der Waals surface area contributed by atoms with Crippen LogP contribution in [0.15, 0.2) is 53.3 Å². The Labute approximate surface area is 127 Å². The smallest absolute Gasteiger partial charge is 0.265 e. The van der Waals surface area contributed by atoms with E-state index in [1.54, 1.807) is 55.6 Å². The Balaban J connectivity index is 2.29. The van der Waals surface area contributed by atoms with Gasteiger partial charge in [-0.2, -0.15) is 0 Å². The van der Waals surface area contributed by atoms with E-state index >= 15 is 0 Å². The summed E-state index contributed by atoms with van der Waals surface area (Å²) in [6.07, 6.45) is 0. The predicted molar refractivity (Wildman–Crippen MR) is 85.5 cm³/mol. The minimum atomic E-state index is -0.498. The molecule has 2 aromatic carbocycles. The van der Waals surface area contributed by atoms with Crippen LogP contribution in [0.2, 0.25) is 0 Å². The Morgan fingerprint density at radius 2 is 1.68 bits per heavy atom. The molecule has 4 nitrogen and oxygen atoms in total. The average Bonchev–Trinajstić information content (AvgIpc) is 2.53. The van der Waals surface area contributed by atoms with Gasteiger partial charge in [-0.15, -0.1) is 0 Å². The fourth-order valence-electron chi connectivity index (χ4n) is 2.53. The molecule has 0 amide bonds. The fourth-order valence-corrected chi connectivity index (χ4v) is 2.53. The number of rotatable bonds is 2. The van der Waals surface area contributed by atoms with Gasteiger partial charge in [0.1, 0.15) is 11.3 Å². The van der Waals surface area contributed by atoms with E-state index in [9.17, 15) is 14.7 Å². The summed E-state index contributed by atoms with van der Waals surface area (Å²) in [6, 6.07) is 13.9. The largest absolute Gasteiger partial charge is 0.506 e. The van der Waals surface area contributed by atoms with E-state index in [0.717, 1.165) is 5.56 Å². The number of aromatic nitrogens is 1. The van der Waals surface area contributed by atoms with Crippen LogP contribution < -0.4 is 5.56 Å². The van der Waals surface area contributed by atoms with Gasteiger partial charge < -0.3 is 9.67 Å². The van der Waals surface area contributed by atoms with Crippen molar-refractivity contribution in [3.8, 4) is 5.75 Å². The SMILES string of the molecule is Cc1ccc(C(=O)c2c(O)c3ccccc3n(C)c2=O)cc1. The number of ketones is 1. The third-order valence-corrected chi connectivity index (χ3v) is 3.82. The molecule has 0 aliphatic heterocycles. The standard InChI is InChI=1S/C18H15NO3/c1-11-7-9-12(10-8-11)16(20)15-17(21)13-5-3-4-6-14(13)19(2)18(15)22/h3-10,21H,1-2H3. The molecule has 0 radical (unpaired) electrons. The summed E-state index contributed by atoms with van der Waals surface area (Å²) < 4.78 is 1.39. The van der Waals surface area contributed by atoms with Gasteiger partial charge in [-0.05, 0) is 19.1 Å². The molecule has 0 aliphatic rings.